The zero-order valence-corrected chi connectivity index (χ0v) is 17.1. The summed E-state index contributed by atoms with van der Waals surface area (Å²) < 4.78 is 0. The molecule has 0 radical (unpaired) electrons. The standard InChI is InChI=1S/C20H25N7O4/c1-3-5-14(19(30)31)25-17(28)12-6-8-13(9-7-12)23-10-4-11-24-16-15(22-2)18(29)27-20(21)26-16/h6-9,11,14,23H,2-5,10H2,1H3,(H,25,28)(H,30,31)(H3,21,26,27,29)/b24-11-/t14-/m0/s1. The van der Waals surface area contributed by atoms with Crippen molar-refractivity contribution in [1.82, 2.24) is 15.3 Å². The highest BCUT2D eigenvalue weighted by Crippen LogP contribution is 2.20. The first-order valence-electron chi connectivity index (χ1n) is 9.62. The molecule has 0 unspecified atom stereocenters. The minimum Gasteiger partial charge on any atom is -0.480 e. The Hall–Kier alpha value is -4.02. The monoisotopic (exact) mass is 427 g/mol. The number of rotatable bonds is 11. The summed E-state index contributed by atoms with van der Waals surface area (Å²) in [4.78, 5) is 49.1. The van der Waals surface area contributed by atoms with E-state index in [4.69, 9.17) is 10.8 Å². The average molecular weight is 427 g/mol. The fourth-order valence-corrected chi connectivity index (χ4v) is 2.66. The predicted octanol–water partition coefficient (Wildman–Crippen LogP) is 1.87. The van der Waals surface area contributed by atoms with E-state index >= 15 is 0 Å². The van der Waals surface area contributed by atoms with E-state index in [1.54, 1.807) is 30.5 Å². The molecule has 0 aliphatic heterocycles. The van der Waals surface area contributed by atoms with Crippen molar-refractivity contribution in [3.63, 3.8) is 0 Å². The van der Waals surface area contributed by atoms with Gasteiger partial charge in [-0.1, -0.05) is 13.3 Å². The van der Waals surface area contributed by atoms with Crippen LogP contribution in [-0.4, -0.2) is 52.5 Å². The number of hydrogen-bond acceptors (Lipinski definition) is 8. The van der Waals surface area contributed by atoms with Crippen LogP contribution in [0.25, 0.3) is 0 Å². The Morgan fingerprint density at radius 3 is 2.68 bits per heavy atom. The molecule has 1 heterocycles. The van der Waals surface area contributed by atoms with Crippen LogP contribution in [0, 0.1) is 0 Å². The number of carboxylic acid groups (broad SMARTS) is 1. The lowest BCUT2D eigenvalue weighted by Crippen LogP contribution is -2.40. The van der Waals surface area contributed by atoms with Gasteiger partial charge in [-0.15, -0.1) is 0 Å². The summed E-state index contributed by atoms with van der Waals surface area (Å²) in [5, 5.41) is 14.8. The van der Waals surface area contributed by atoms with Crippen LogP contribution in [-0.2, 0) is 4.79 Å². The lowest BCUT2D eigenvalue weighted by molar-refractivity contribution is -0.139. The molecule has 0 aliphatic carbocycles. The molecule has 2 aromatic rings. The van der Waals surface area contributed by atoms with Crippen LogP contribution < -0.4 is 21.9 Å². The maximum atomic E-state index is 12.2. The second-order valence-corrected chi connectivity index (χ2v) is 6.54. The zero-order valence-electron chi connectivity index (χ0n) is 17.1. The molecule has 1 atom stereocenters. The molecule has 1 aromatic carbocycles. The van der Waals surface area contributed by atoms with Gasteiger partial charge in [-0.3, -0.25) is 19.6 Å². The fourth-order valence-electron chi connectivity index (χ4n) is 2.66. The van der Waals surface area contributed by atoms with Crippen LogP contribution in [0.2, 0.25) is 0 Å². The molecule has 1 aromatic heterocycles. The second-order valence-electron chi connectivity index (χ2n) is 6.54. The zero-order chi connectivity index (χ0) is 22.8. The molecule has 164 valence electrons. The maximum absolute atomic E-state index is 12.2. The van der Waals surface area contributed by atoms with E-state index in [9.17, 15) is 14.4 Å². The molecule has 11 heteroatoms. The van der Waals surface area contributed by atoms with Crippen LogP contribution in [0.5, 0.6) is 0 Å². The number of carboxylic acids is 1. The van der Waals surface area contributed by atoms with Gasteiger partial charge in [-0.05, 0) is 37.4 Å². The molecule has 0 aliphatic rings. The minimum absolute atomic E-state index is 0.00338. The van der Waals surface area contributed by atoms with Crippen LogP contribution in [0.3, 0.4) is 0 Å². The number of benzene rings is 1. The van der Waals surface area contributed by atoms with Gasteiger partial charge in [0, 0.05) is 30.4 Å². The predicted molar refractivity (Wildman–Crippen MR) is 120 cm³/mol. The van der Waals surface area contributed by atoms with Crippen LogP contribution in [0.15, 0.2) is 39.0 Å². The molecular weight excluding hydrogens is 402 g/mol. The van der Waals surface area contributed by atoms with Crippen molar-refractivity contribution >= 4 is 47.9 Å². The number of H-pyrrole nitrogens is 1. The summed E-state index contributed by atoms with van der Waals surface area (Å²) in [7, 11) is 0. The molecule has 31 heavy (non-hydrogen) atoms. The van der Waals surface area contributed by atoms with Gasteiger partial charge in [-0.2, -0.15) is 4.98 Å². The number of nitrogen functional groups attached to an aromatic ring is 1. The van der Waals surface area contributed by atoms with Crippen molar-refractivity contribution in [2.24, 2.45) is 9.98 Å². The van der Waals surface area contributed by atoms with Gasteiger partial charge in [-0.25, -0.2) is 9.79 Å². The van der Waals surface area contributed by atoms with Crippen molar-refractivity contribution in [3.05, 3.63) is 40.2 Å². The Bertz CT molecular complexity index is 1020. The number of carbonyl (C=O) groups excluding carboxylic acids is 1. The Labute approximate surface area is 178 Å². The van der Waals surface area contributed by atoms with E-state index in [2.05, 4.69) is 37.3 Å². The fraction of sp³-hybridized carbons (Fsp3) is 0.300. The van der Waals surface area contributed by atoms with E-state index in [0.717, 1.165) is 5.69 Å². The number of nitrogens with zero attached hydrogens (tertiary/aromatic N) is 3. The topological polar surface area (TPSA) is 175 Å². The molecule has 0 fully saturated rings. The number of aliphatic imine (C=N–C) groups is 2. The van der Waals surface area contributed by atoms with Gasteiger partial charge in [0.2, 0.25) is 5.95 Å². The SMILES string of the molecule is C=Nc1c(/N=C\CCNc2ccc(C(=O)N[C@@H](CCC)C(=O)O)cc2)nc(N)[nH]c1=O. The maximum Gasteiger partial charge on any atom is 0.326 e. The molecule has 0 bridgehead atoms. The van der Waals surface area contributed by atoms with Gasteiger partial charge in [0.1, 0.15) is 6.04 Å². The summed E-state index contributed by atoms with van der Waals surface area (Å²) in [6.45, 7) is 5.71. The molecular formula is C20H25N7O4. The first-order chi connectivity index (χ1) is 14.8. The first kappa shape index (κ1) is 23.3. The third-order valence-corrected chi connectivity index (χ3v) is 4.20. The normalized spacial score (nSPS) is 11.8. The van der Waals surface area contributed by atoms with Gasteiger partial charge in [0.25, 0.3) is 11.5 Å². The van der Waals surface area contributed by atoms with Crippen molar-refractivity contribution < 1.29 is 14.7 Å². The number of nitrogens with two attached hydrogens (primary N) is 1. The molecule has 2 rings (SSSR count). The second kappa shape index (κ2) is 11.2. The number of anilines is 2. The molecule has 0 saturated heterocycles. The third kappa shape index (κ3) is 6.77. The number of nitrogens with one attached hydrogen (secondary N) is 3. The van der Waals surface area contributed by atoms with E-state index in [-0.39, 0.29) is 17.5 Å². The van der Waals surface area contributed by atoms with Crippen LogP contribution in [0.4, 0.5) is 23.1 Å². The summed E-state index contributed by atoms with van der Waals surface area (Å²) in [5.74, 6) is -1.45. The molecule has 1 amide bonds. The van der Waals surface area contributed by atoms with E-state index in [0.29, 0.717) is 31.4 Å². The number of hydrogen-bond donors (Lipinski definition) is 5. The summed E-state index contributed by atoms with van der Waals surface area (Å²) in [5.41, 5.74) is 6.14. The summed E-state index contributed by atoms with van der Waals surface area (Å²) >= 11 is 0. The van der Waals surface area contributed by atoms with Gasteiger partial charge < -0.3 is 21.5 Å². The van der Waals surface area contributed by atoms with Crippen molar-refractivity contribution in [2.45, 2.75) is 32.2 Å². The number of aromatic nitrogens is 2. The van der Waals surface area contributed by atoms with Crippen molar-refractivity contribution in [2.75, 3.05) is 17.6 Å². The first-order valence-corrected chi connectivity index (χ1v) is 9.62. The molecule has 6 N–H and O–H groups in total. The van der Waals surface area contributed by atoms with Crippen molar-refractivity contribution in [1.29, 1.82) is 0 Å². The Kier molecular flexibility index (Phi) is 8.43. The van der Waals surface area contributed by atoms with Gasteiger partial charge in [0.15, 0.2) is 11.5 Å². The third-order valence-electron chi connectivity index (χ3n) is 4.20. The summed E-state index contributed by atoms with van der Waals surface area (Å²) in [6.07, 6.45) is 3.11. The highest BCUT2D eigenvalue weighted by Gasteiger charge is 2.19. The smallest absolute Gasteiger partial charge is 0.326 e. The van der Waals surface area contributed by atoms with Gasteiger partial charge >= 0.3 is 5.97 Å². The highest BCUT2D eigenvalue weighted by atomic mass is 16.4. The number of aliphatic carboxylic acids is 1. The number of aromatic amines is 1. The van der Waals surface area contributed by atoms with Gasteiger partial charge in [0.05, 0.1) is 0 Å². The highest BCUT2D eigenvalue weighted by molar-refractivity contribution is 5.96. The van der Waals surface area contributed by atoms with E-state index in [1.807, 2.05) is 6.92 Å². The minimum atomic E-state index is -1.05. The Morgan fingerprint density at radius 2 is 2.06 bits per heavy atom. The molecule has 0 spiro atoms. The number of amides is 1. The summed E-state index contributed by atoms with van der Waals surface area (Å²) in [6, 6.07) is 5.76. The van der Waals surface area contributed by atoms with E-state index in [1.165, 1.54) is 0 Å². The largest absolute Gasteiger partial charge is 0.480 e. The molecule has 11 nitrogen and oxygen atoms in total. The lowest BCUT2D eigenvalue weighted by Gasteiger charge is -2.13. The van der Waals surface area contributed by atoms with Crippen LogP contribution >= 0.6 is 0 Å². The Balaban J connectivity index is 1.88. The number of carbonyl (C=O) groups is 2. The van der Waals surface area contributed by atoms with Crippen molar-refractivity contribution in [3.8, 4) is 0 Å². The Morgan fingerprint density at radius 1 is 1.35 bits per heavy atom. The molecule has 0 saturated carbocycles. The van der Waals surface area contributed by atoms with Crippen LogP contribution in [0.1, 0.15) is 36.5 Å². The van der Waals surface area contributed by atoms with E-state index < -0.39 is 23.5 Å². The quantitative estimate of drug-likeness (QED) is 0.268. The lowest BCUT2D eigenvalue weighted by atomic mass is 10.1. The average Bonchev–Trinajstić information content (AvgIpc) is 2.73.